The van der Waals surface area contributed by atoms with E-state index in [0.29, 0.717) is 18.5 Å². The van der Waals surface area contributed by atoms with E-state index in [9.17, 15) is 9.59 Å². The van der Waals surface area contributed by atoms with Gasteiger partial charge in [-0.3, -0.25) is 9.59 Å². The second kappa shape index (κ2) is 6.96. The highest BCUT2D eigenvalue weighted by molar-refractivity contribution is 6.00. The maximum absolute atomic E-state index is 13.0. The number of nitrogens with zero attached hydrogens (tertiary/aromatic N) is 1. The number of carbonyl (C=O) groups is 2. The third-order valence-corrected chi connectivity index (χ3v) is 4.33. The molecule has 0 saturated carbocycles. The van der Waals surface area contributed by atoms with Crippen molar-refractivity contribution in [1.82, 2.24) is 15.2 Å². The highest BCUT2D eigenvalue weighted by atomic mass is 16.5. The summed E-state index contributed by atoms with van der Waals surface area (Å²) >= 11 is 0. The van der Waals surface area contributed by atoms with Gasteiger partial charge in [-0.25, -0.2) is 0 Å². The summed E-state index contributed by atoms with van der Waals surface area (Å²) in [5, 5.41) is 2.68. The fourth-order valence-corrected chi connectivity index (χ4v) is 3.30. The number of likely N-dealkylation sites (tertiary alicyclic amines) is 1. The van der Waals surface area contributed by atoms with Crippen molar-refractivity contribution >= 4 is 11.8 Å². The Morgan fingerprint density at radius 2 is 2.27 bits per heavy atom. The Hall–Kier alpha value is -1.82. The smallest absolute Gasteiger partial charge is 0.256 e. The van der Waals surface area contributed by atoms with Crippen LogP contribution in [0, 0.1) is 0 Å². The van der Waals surface area contributed by atoms with Gasteiger partial charge in [0, 0.05) is 32.6 Å². The lowest BCUT2D eigenvalue weighted by Gasteiger charge is -2.36. The Labute approximate surface area is 131 Å². The van der Waals surface area contributed by atoms with Crippen molar-refractivity contribution in [3.05, 3.63) is 23.5 Å². The number of nitrogens with one attached hydrogen (secondary N) is 2. The molecule has 1 aliphatic heterocycles. The summed E-state index contributed by atoms with van der Waals surface area (Å²) in [5.41, 5.74) is 0.692. The van der Waals surface area contributed by atoms with Gasteiger partial charge in [-0.15, -0.1) is 0 Å². The highest BCUT2D eigenvalue weighted by Crippen LogP contribution is 2.32. The summed E-state index contributed by atoms with van der Waals surface area (Å²) in [6, 6.07) is 1.80. The Kier molecular flexibility index (Phi) is 5.24. The molecule has 1 aliphatic rings. The van der Waals surface area contributed by atoms with Gasteiger partial charge in [0.25, 0.3) is 5.91 Å². The summed E-state index contributed by atoms with van der Waals surface area (Å²) < 4.78 is 5.27. The average molecular weight is 307 g/mol. The molecule has 0 aromatic carbocycles. The molecule has 0 radical (unpaired) electrons. The zero-order valence-corrected chi connectivity index (χ0v) is 13.6. The zero-order chi connectivity index (χ0) is 16.2. The second-order valence-corrected chi connectivity index (χ2v) is 5.72. The van der Waals surface area contributed by atoms with Gasteiger partial charge in [0.1, 0.15) is 5.54 Å². The maximum Gasteiger partial charge on any atom is 0.256 e. The lowest BCUT2D eigenvalue weighted by atomic mass is 9.95. The molecule has 22 heavy (non-hydrogen) atoms. The van der Waals surface area contributed by atoms with E-state index in [2.05, 4.69) is 17.2 Å². The van der Waals surface area contributed by atoms with Crippen LogP contribution in [0.4, 0.5) is 0 Å². The van der Waals surface area contributed by atoms with E-state index in [-0.39, 0.29) is 18.4 Å². The predicted molar refractivity (Wildman–Crippen MR) is 83.7 cm³/mol. The molecule has 1 saturated heterocycles. The quantitative estimate of drug-likeness (QED) is 0.833. The molecule has 1 fully saturated rings. The molecule has 0 aliphatic carbocycles. The first-order valence-corrected chi connectivity index (χ1v) is 7.80. The third kappa shape index (κ3) is 2.75. The summed E-state index contributed by atoms with van der Waals surface area (Å²) in [6.45, 7) is 2.86. The third-order valence-electron chi connectivity index (χ3n) is 4.33. The van der Waals surface area contributed by atoms with Crippen LogP contribution in [-0.4, -0.2) is 54.5 Å². The van der Waals surface area contributed by atoms with Crippen LogP contribution in [0.2, 0.25) is 0 Å². The van der Waals surface area contributed by atoms with Crippen LogP contribution in [0.3, 0.4) is 0 Å². The second-order valence-electron chi connectivity index (χ2n) is 5.72. The Morgan fingerprint density at radius 3 is 2.91 bits per heavy atom. The minimum Gasteiger partial charge on any atom is -0.382 e. The molecule has 1 atom stereocenters. The number of ether oxygens (including phenoxy) is 1. The van der Waals surface area contributed by atoms with E-state index < -0.39 is 5.54 Å². The predicted octanol–water partition coefficient (Wildman–Crippen LogP) is 1.33. The van der Waals surface area contributed by atoms with Crippen molar-refractivity contribution in [3.8, 4) is 0 Å². The summed E-state index contributed by atoms with van der Waals surface area (Å²) in [7, 11) is 3.16. The molecule has 1 aromatic heterocycles. The number of carbonyl (C=O) groups excluding carboxylic acids is 2. The number of hydrogen-bond donors (Lipinski definition) is 2. The van der Waals surface area contributed by atoms with Crippen LogP contribution in [-0.2, 0) is 16.0 Å². The Balaban J connectivity index is 2.34. The summed E-state index contributed by atoms with van der Waals surface area (Å²) in [5.74, 6) is -0.254. The average Bonchev–Trinajstić information content (AvgIpc) is 3.14. The van der Waals surface area contributed by atoms with Gasteiger partial charge in [0.2, 0.25) is 5.91 Å². The monoisotopic (exact) mass is 307 g/mol. The first kappa shape index (κ1) is 16.5. The van der Waals surface area contributed by atoms with Gasteiger partial charge in [0.05, 0.1) is 12.2 Å². The van der Waals surface area contributed by atoms with Crippen LogP contribution >= 0.6 is 0 Å². The Morgan fingerprint density at radius 1 is 1.50 bits per heavy atom. The minimum atomic E-state index is -0.901. The molecule has 6 nitrogen and oxygen atoms in total. The lowest BCUT2D eigenvalue weighted by molar-refractivity contribution is -0.133. The van der Waals surface area contributed by atoms with E-state index in [4.69, 9.17) is 4.74 Å². The van der Waals surface area contributed by atoms with Gasteiger partial charge in [0.15, 0.2) is 0 Å². The molecular weight excluding hydrogens is 282 g/mol. The lowest BCUT2D eigenvalue weighted by Crippen LogP contribution is -2.59. The molecule has 0 spiro atoms. The van der Waals surface area contributed by atoms with Gasteiger partial charge in [-0.1, -0.05) is 13.3 Å². The van der Waals surface area contributed by atoms with Crippen molar-refractivity contribution in [2.75, 3.05) is 27.3 Å². The van der Waals surface area contributed by atoms with Crippen LogP contribution < -0.4 is 5.32 Å². The number of methoxy groups -OCH3 is 1. The van der Waals surface area contributed by atoms with Crippen LogP contribution in [0.5, 0.6) is 0 Å². The number of rotatable bonds is 6. The number of likely N-dealkylation sites (N-methyl/N-ethyl adjacent to an activating group) is 1. The molecular formula is C16H25N3O3. The first-order chi connectivity index (χ1) is 10.6. The summed E-state index contributed by atoms with van der Waals surface area (Å²) in [6.07, 6.45) is 4.99. The number of amides is 2. The molecule has 1 aromatic rings. The number of aromatic nitrogens is 1. The molecule has 2 amide bonds. The van der Waals surface area contributed by atoms with Gasteiger partial charge >= 0.3 is 0 Å². The first-order valence-electron chi connectivity index (χ1n) is 7.80. The number of aromatic amines is 1. The van der Waals surface area contributed by atoms with Gasteiger partial charge in [-0.05, 0) is 25.3 Å². The Bertz CT molecular complexity index is 540. The zero-order valence-electron chi connectivity index (χ0n) is 13.6. The molecule has 2 rings (SSSR count). The van der Waals surface area contributed by atoms with Crippen LogP contribution in [0.1, 0.15) is 42.2 Å². The standard InChI is InChI=1S/C16H25N3O3/c1-4-6-13-12(7-9-18-13)14(20)19-10-5-8-16(19,11-22-3)15(21)17-2/h7,9,18H,4-6,8,10-11H2,1-3H3,(H,17,21). The fourth-order valence-electron chi connectivity index (χ4n) is 3.30. The van der Waals surface area contributed by atoms with Gasteiger partial charge < -0.3 is 19.9 Å². The van der Waals surface area contributed by atoms with Crippen LogP contribution in [0.15, 0.2) is 12.3 Å². The van der Waals surface area contributed by atoms with Gasteiger partial charge in [-0.2, -0.15) is 0 Å². The fraction of sp³-hybridized carbons (Fsp3) is 0.625. The topological polar surface area (TPSA) is 74.4 Å². The number of hydrogen-bond acceptors (Lipinski definition) is 3. The molecule has 1 unspecified atom stereocenters. The van der Waals surface area contributed by atoms with Crippen molar-refractivity contribution in [2.45, 2.75) is 38.1 Å². The molecule has 6 heteroatoms. The normalized spacial score (nSPS) is 21.1. The van der Waals surface area contributed by atoms with Crippen molar-refractivity contribution in [3.63, 3.8) is 0 Å². The van der Waals surface area contributed by atoms with E-state index in [1.807, 2.05) is 0 Å². The SMILES string of the molecule is CCCc1[nH]ccc1C(=O)N1CCCC1(COC)C(=O)NC. The number of H-pyrrole nitrogens is 1. The van der Waals surface area contributed by atoms with Crippen molar-refractivity contribution < 1.29 is 14.3 Å². The van der Waals surface area contributed by atoms with E-state index in [0.717, 1.165) is 25.0 Å². The van der Waals surface area contributed by atoms with Crippen molar-refractivity contribution in [2.24, 2.45) is 0 Å². The summed E-state index contributed by atoms with van der Waals surface area (Å²) in [4.78, 5) is 30.2. The molecule has 0 bridgehead atoms. The largest absolute Gasteiger partial charge is 0.382 e. The van der Waals surface area contributed by atoms with E-state index in [1.165, 1.54) is 0 Å². The van der Waals surface area contributed by atoms with E-state index in [1.54, 1.807) is 31.3 Å². The molecule has 2 N–H and O–H groups in total. The van der Waals surface area contributed by atoms with Crippen molar-refractivity contribution in [1.29, 1.82) is 0 Å². The molecule has 122 valence electrons. The van der Waals surface area contributed by atoms with Crippen LogP contribution in [0.25, 0.3) is 0 Å². The highest BCUT2D eigenvalue weighted by Gasteiger charge is 2.49. The maximum atomic E-state index is 13.0. The molecule has 2 heterocycles. The number of aryl methyl sites for hydroxylation is 1. The minimum absolute atomic E-state index is 0.0946. The van der Waals surface area contributed by atoms with E-state index >= 15 is 0 Å².